The van der Waals surface area contributed by atoms with E-state index < -0.39 is 0 Å². The van der Waals surface area contributed by atoms with Crippen molar-refractivity contribution in [3.63, 3.8) is 0 Å². The minimum atomic E-state index is 0. The van der Waals surface area contributed by atoms with Gasteiger partial charge in [-0.05, 0) is 0 Å². The first-order valence-electron chi connectivity index (χ1n) is 8.97. The van der Waals surface area contributed by atoms with Crippen LogP contribution >= 0.6 is 0 Å². The first-order chi connectivity index (χ1) is 9.24. The molecule has 0 amide bonds. The van der Waals surface area contributed by atoms with Crippen LogP contribution in [0.1, 0.15) is 80.1 Å². The van der Waals surface area contributed by atoms with Crippen LogP contribution in [0.4, 0.5) is 0 Å². The molecule has 130 valence electrons. The van der Waals surface area contributed by atoms with Gasteiger partial charge in [0.15, 0.2) is 0 Å². The van der Waals surface area contributed by atoms with Crippen LogP contribution in [0.5, 0.6) is 0 Å². The molecule has 1 nitrogen and oxygen atoms in total. The Labute approximate surface area is 182 Å². The van der Waals surface area contributed by atoms with Gasteiger partial charge < -0.3 is 17.3 Å². The molecule has 0 spiro atoms. The van der Waals surface area contributed by atoms with Crippen LogP contribution in [0.3, 0.4) is 0 Å². The molecule has 4 aliphatic rings. The van der Waals surface area contributed by atoms with Crippen LogP contribution in [0, 0.1) is 46.3 Å². The van der Waals surface area contributed by atoms with Crippen LogP contribution in [-0.4, -0.2) is 0 Å². The van der Waals surface area contributed by atoms with Gasteiger partial charge in [0.05, 0.1) is 0 Å². The molecule has 0 N–H and O–H groups in total. The Kier molecular flexibility index (Phi) is 9.23. The Morgan fingerprint density at radius 3 is 1.17 bits per heavy atom. The van der Waals surface area contributed by atoms with Gasteiger partial charge in [0.2, 0.25) is 0 Å². The van der Waals surface area contributed by atoms with Crippen LogP contribution < -0.4 is 0 Å². The van der Waals surface area contributed by atoms with Gasteiger partial charge in [0.1, 0.15) is 0 Å². The van der Waals surface area contributed by atoms with Gasteiger partial charge in [-0.1, -0.05) is 79.1 Å². The molecule has 4 saturated carbocycles. The van der Waals surface area contributed by atoms with Crippen LogP contribution in [-0.2, 0) is 57.2 Å². The van der Waals surface area contributed by atoms with E-state index in [1.54, 1.807) is 0 Å². The topological polar surface area (TPSA) is 28.5 Å². The van der Waals surface area contributed by atoms with E-state index in [4.69, 9.17) is 0 Å². The third kappa shape index (κ3) is 4.91. The molecule has 0 aromatic carbocycles. The summed E-state index contributed by atoms with van der Waals surface area (Å²) in [6.07, 6.45) is 8.75. The second kappa shape index (κ2) is 8.59. The average molecular weight is 380 g/mol. The Morgan fingerprint density at radius 2 is 0.957 bits per heavy atom. The molecule has 4 unspecified atom stereocenters. The maximum atomic E-state index is 2.41. The summed E-state index contributed by atoms with van der Waals surface area (Å²) in [7, 11) is 0. The smallest absolute Gasteiger partial charge is 0 e. The quantitative estimate of drug-likeness (QED) is 0.465. The van der Waals surface area contributed by atoms with Crippen molar-refractivity contribution in [2.24, 2.45) is 34.5 Å². The van der Waals surface area contributed by atoms with E-state index in [-0.39, 0.29) is 57.2 Å². The van der Waals surface area contributed by atoms with E-state index in [9.17, 15) is 0 Å². The first kappa shape index (κ1) is 24.7. The summed E-state index contributed by atoms with van der Waals surface area (Å²) in [6, 6.07) is 0. The van der Waals surface area contributed by atoms with Gasteiger partial charge >= 0.3 is 0 Å². The monoisotopic (exact) mass is 380 g/mol. The van der Waals surface area contributed by atoms with E-state index in [0.29, 0.717) is 10.8 Å². The number of rotatable bonds is 0. The van der Waals surface area contributed by atoms with Crippen molar-refractivity contribution in [3.05, 3.63) is 11.8 Å². The molecule has 4 atom stereocenters. The largest absolute Gasteiger partial charge is 2.00 e. The van der Waals surface area contributed by atoms with Gasteiger partial charge in [-0.25, -0.2) is 0 Å². The normalized spacial score (nSPS) is 38.9. The Bertz CT molecular complexity index is 344. The summed E-state index contributed by atoms with van der Waals surface area (Å²) < 4.78 is 0. The molecule has 23 heavy (non-hydrogen) atoms. The summed E-state index contributed by atoms with van der Waals surface area (Å²) in [5, 5.41) is 0. The Morgan fingerprint density at radius 1 is 0.652 bits per heavy atom. The van der Waals surface area contributed by atoms with Gasteiger partial charge in [-0.3, -0.25) is 0 Å². The zero-order valence-electron chi connectivity index (χ0n) is 16.1. The molecule has 0 bridgehead atoms. The summed E-state index contributed by atoms with van der Waals surface area (Å²) >= 11 is 0. The van der Waals surface area contributed by atoms with Crippen molar-refractivity contribution >= 4 is 0 Å². The Balaban J connectivity index is 0.000000372. The molecule has 0 saturated heterocycles. The molecule has 4 aliphatic carbocycles. The van der Waals surface area contributed by atoms with E-state index in [2.05, 4.69) is 41.5 Å². The van der Waals surface area contributed by atoms with E-state index in [1.807, 2.05) is 11.8 Å². The molecule has 0 heterocycles. The second-order valence-corrected chi connectivity index (χ2v) is 9.37. The zero-order chi connectivity index (χ0) is 14.7. The fourth-order valence-corrected chi connectivity index (χ4v) is 5.21. The fraction of sp³-hybridized carbons (Fsp3) is 0.900. The number of hydrogen-bond acceptors (Lipinski definition) is 0. The van der Waals surface area contributed by atoms with E-state index >= 15 is 0 Å². The SMILES string of the molecule is CC1CCC2[C-](C1)C2(C)C.CC1CCC2[C-](C1)C2(C)C.[O-2].[Sc].[Sc]. The summed E-state index contributed by atoms with van der Waals surface area (Å²) in [6.45, 7) is 14.4. The summed E-state index contributed by atoms with van der Waals surface area (Å²) in [5.74, 6) is 7.73. The standard InChI is InChI=1S/2C10H17.O.2Sc/c2*1-7-4-5-8-9(6-7)10(8,2)3;;;/h2*7-8H,4-6H2,1-3H3;;;/q2*-1;-2;;. The summed E-state index contributed by atoms with van der Waals surface area (Å²) in [5.41, 5.74) is 1.29. The van der Waals surface area contributed by atoms with Crippen molar-refractivity contribution in [2.75, 3.05) is 0 Å². The predicted molar refractivity (Wildman–Crippen MR) is 87.7 cm³/mol. The summed E-state index contributed by atoms with van der Waals surface area (Å²) in [4.78, 5) is 0. The van der Waals surface area contributed by atoms with Gasteiger partial charge in [0, 0.05) is 51.7 Å². The molecule has 0 aliphatic heterocycles. The molecule has 4 fully saturated rings. The van der Waals surface area contributed by atoms with Crippen molar-refractivity contribution in [1.82, 2.24) is 0 Å². The van der Waals surface area contributed by atoms with Gasteiger partial charge in [-0.2, -0.15) is 35.5 Å². The minimum absolute atomic E-state index is 0. The van der Waals surface area contributed by atoms with Crippen molar-refractivity contribution in [3.8, 4) is 0 Å². The zero-order valence-corrected chi connectivity index (χ0v) is 19.7. The Hall–Kier alpha value is 1.70. The maximum Gasteiger partial charge on any atom is 0 e. The molecular formula is C20H34OSc2-4. The van der Waals surface area contributed by atoms with Crippen molar-refractivity contribution in [1.29, 1.82) is 0 Å². The molecule has 0 aromatic heterocycles. The van der Waals surface area contributed by atoms with Crippen LogP contribution in [0.25, 0.3) is 0 Å². The van der Waals surface area contributed by atoms with Crippen molar-refractivity contribution < 1.29 is 57.2 Å². The molecule has 2 radical (unpaired) electrons. The number of hydrogen-bond donors (Lipinski definition) is 0. The molecular weight excluding hydrogens is 346 g/mol. The average Bonchev–Trinajstić information content (AvgIpc) is 3.12. The predicted octanol–water partition coefficient (Wildman–Crippen LogP) is 5.95. The third-order valence-corrected chi connectivity index (χ3v) is 7.11. The first-order valence-corrected chi connectivity index (χ1v) is 8.97. The molecule has 0 aromatic rings. The minimum Gasteiger partial charge on any atom is -2.00 e. The van der Waals surface area contributed by atoms with E-state index in [0.717, 1.165) is 23.7 Å². The molecule has 4 rings (SSSR count). The van der Waals surface area contributed by atoms with Gasteiger partial charge in [-0.15, -0.1) is 0 Å². The van der Waals surface area contributed by atoms with Gasteiger partial charge in [0.25, 0.3) is 0 Å². The fourth-order valence-electron chi connectivity index (χ4n) is 5.21. The van der Waals surface area contributed by atoms with E-state index in [1.165, 1.54) is 38.5 Å². The number of fused-ring (bicyclic) bond motifs is 2. The van der Waals surface area contributed by atoms with Crippen LogP contribution in [0.15, 0.2) is 0 Å². The second-order valence-electron chi connectivity index (χ2n) is 9.37. The third-order valence-electron chi connectivity index (χ3n) is 7.11. The molecule has 3 heteroatoms. The van der Waals surface area contributed by atoms with Crippen LogP contribution in [0.2, 0.25) is 0 Å². The van der Waals surface area contributed by atoms with Crippen molar-refractivity contribution in [2.45, 2.75) is 80.1 Å². The maximum absolute atomic E-state index is 2.41.